The first-order valence-electron chi connectivity index (χ1n) is 5.86. The van der Waals surface area contributed by atoms with E-state index in [1.54, 1.807) is 29.7 Å². The SMILES string of the molecule is Cc1cc(F)ccc1-c1nc2c(Cl)cc(Cl)cn2c1N. The first-order chi connectivity index (χ1) is 9.47. The molecule has 3 aromatic rings. The minimum absolute atomic E-state index is 0.297. The summed E-state index contributed by atoms with van der Waals surface area (Å²) in [6.45, 7) is 1.80. The molecular weight excluding hydrogens is 300 g/mol. The summed E-state index contributed by atoms with van der Waals surface area (Å²) in [5.74, 6) is 0.119. The van der Waals surface area contributed by atoms with E-state index in [4.69, 9.17) is 28.9 Å². The Morgan fingerprint density at radius 2 is 2.00 bits per heavy atom. The van der Waals surface area contributed by atoms with E-state index < -0.39 is 0 Å². The quantitative estimate of drug-likeness (QED) is 0.726. The number of nitrogens with two attached hydrogens (primary N) is 1. The van der Waals surface area contributed by atoms with Gasteiger partial charge < -0.3 is 5.73 Å². The van der Waals surface area contributed by atoms with Crippen molar-refractivity contribution in [2.75, 3.05) is 5.73 Å². The summed E-state index contributed by atoms with van der Waals surface area (Å²) in [5.41, 5.74) is 8.70. The summed E-state index contributed by atoms with van der Waals surface area (Å²) < 4.78 is 14.8. The number of imidazole rings is 1. The maximum atomic E-state index is 13.2. The van der Waals surface area contributed by atoms with Gasteiger partial charge in [0.1, 0.15) is 17.3 Å². The van der Waals surface area contributed by atoms with Crippen LogP contribution in [0.25, 0.3) is 16.9 Å². The van der Waals surface area contributed by atoms with E-state index in [-0.39, 0.29) is 5.82 Å². The van der Waals surface area contributed by atoms with Gasteiger partial charge in [-0.25, -0.2) is 9.37 Å². The Morgan fingerprint density at radius 3 is 2.70 bits per heavy atom. The normalized spacial score (nSPS) is 11.2. The van der Waals surface area contributed by atoms with Crippen LogP contribution in [-0.2, 0) is 0 Å². The van der Waals surface area contributed by atoms with Crippen LogP contribution in [0.5, 0.6) is 0 Å². The van der Waals surface area contributed by atoms with Gasteiger partial charge in [0.15, 0.2) is 5.65 Å². The zero-order chi connectivity index (χ0) is 14.4. The van der Waals surface area contributed by atoms with Gasteiger partial charge in [-0.05, 0) is 36.8 Å². The monoisotopic (exact) mass is 309 g/mol. The van der Waals surface area contributed by atoms with Crippen LogP contribution in [0.4, 0.5) is 10.2 Å². The number of aromatic nitrogens is 2. The van der Waals surface area contributed by atoms with Crippen molar-refractivity contribution in [3.8, 4) is 11.3 Å². The molecule has 6 heteroatoms. The Kier molecular flexibility index (Phi) is 3.07. The number of aryl methyl sites for hydroxylation is 1. The molecule has 0 unspecified atom stereocenters. The number of halogens is 3. The molecule has 20 heavy (non-hydrogen) atoms. The molecule has 0 aliphatic heterocycles. The maximum absolute atomic E-state index is 13.2. The van der Waals surface area contributed by atoms with Gasteiger partial charge in [0.05, 0.1) is 10.0 Å². The average molecular weight is 310 g/mol. The number of nitrogens with zero attached hydrogens (tertiary/aromatic N) is 2. The lowest BCUT2D eigenvalue weighted by Gasteiger charge is -2.04. The van der Waals surface area contributed by atoms with E-state index in [0.29, 0.717) is 27.2 Å². The molecule has 1 aromatic carbocycles. The number of hydrogen-bond acceptors (Lipinski definition) is 2. The maximum Gasteiger partial charge on any atom is 0.158 e. The van der Waals surface area contributed by atoms with Crippen molar-refractivity contribution in [2.45, 2.75) is 6.92 Å². The third-order valence-electron chi connectivity index (χ3n) is 3.12. The molecule has 2 N–H and O–H groups in total. The molecule has 0 saturated heterocycles. The van der Waals surface area contributed by atoms with Crippen molar-refractivity contribution < 1.29 is 4.39 Å². The van der Waals surface area contributed by atoms with Crippen LogP contribution in [0, 0.1) is 12.7 Å². The van der Waals surface area contributed by atoms with Gasteiger partial charge in [0.25, 0.3) is 0 Å². The Bertz CT molecular complexity index is 827. The second-order valence-corrected chi connectivity index (χ2v) is 5.35. The van der Waals surface area contributed by atoms with Gasteiger partial charge in [0, 0.05) is 11.8 Å². The molecule has 3 nitrogen and oxygen atoms in total. The second-order valence-electron chi connectivity index (χ2n) is 4.50. The smallest absolute Gasteiger partial charge is 0.158 e. The molecule has 2 aromatic heterocycles. The standard InChI is InChI=1S/C14H10Cl2FN3/c1-7-4-9(17)2-3-10(7)12-13(18)20-6-8(15)5-11(16)14(20)19-12/h2-6H,18H2,1H3. The summed E-state index contributed by atoms with van der Waals surface area (Å²) in [7, 11) is 0. The third kappa shape index (κ3) is 2.01. The molecule has 102 valence electrons. The largest absolute Gasteiger partial charge is 0.383 e. The lowest BCUT2D eigenvalue weighted by atomic mass is 10.1. The molecule has 0 spiro atoms. The molecule has 0 amide bonds. The van der Waals surface area contributed by atoms with Gasteiger partial charge in [-0.3, -0.25) is 4.40 Å². The van der Waals surface area contributed by atoms with Crippen molar-refractivity contribution in [3.05, 3.63) is 51.9 Å². The number of rotatable bonds is 1. The highest BCUT2D eigenvalue weighted by molar-refractivity contribution is 6.36. The average Bonchev–Trinajstić information content (AvgIpc) is 2.68. The molecule has 2 heterocycles. The molecule has 0 aliphatic carbocycles. The highest BCUT2D eigenvalue weighted by Gasteiger charge is 2.16. The van der Waals surface area contributed by atoms with Crippen LogP contribution in [0.15, 0.2) is 30.5 Å². The zero-order valence-corrected chi connectivity index (χ0v) is 12.0. The number of anilines is 1. The lowest BCUT2D eigenvalue weighted by Crippen LogP contribution is -1.95. The number of benzene rings is 1. The van der Waals surface area contributed by atoms with Crippen molar-refractivity contribution in [2.24, 2.45) is 0 Å². The fourth-order valence-electron chi connectivity index (χ4n) is 2.18. The summed E-state index contributed by atoms with van der Waals surface area (Å²) in [6.07, 6.45) is 1.65. The van der Waals surface area contributed by atoms with Crippen LogP contribution in [0.1, 0.15) is 5.56 Å². The van der Waals surface area contributed by atoms with E-state index in [9.17, 15) is 4.39 Å². The predicted molar refractivity (Wildman–Crippen MR) is 79.8 cm³/mol. The molecule has 0 bridgehead atoms. The van der Waals surface area contributed by atoms with Crippen molar-refractivity contribution >= 4 is 34.7 Å². The van der Waals surface area contributed by atoms with Crippen molar-refractivity contribution in [1.29, 1.82) is 0 Å². The number of nitrogen functional groups attached to an aromatic ring is 1. The third-order valence-corrected chi connectivity index (χ3v) is 3.61. The molecular formula is C14H10Cl2FN3. The van der Waals surface area contributed by atoms with E-state index in [1.807, 2.05) is 0 Å². The van der Waals surface area contributed by atoms with Crippen molar-refractivity contribution in [1.82, 2.24) is 9.38 Å². The lowest BCUT2D eigenvalue weighted by molar-refractivity contribution is 0.627. The Balaban J connectivity index is 2.32. The molecule has 0 fully saturated rings. The van der Waals surface area contributed by atoms with Gasteiger partial charge >= 0.3 is 0 Å². The van der Waals surface area contributed by atoms with Gasteiger partial charge in [0.2, 0.25) is 0 Å². The minimum Gasteiger partial charge on any atom is -0.383 e. The van der Waals surface area contributed by atoms with Crippen LogP contribution in [-0.4, -0.2) is 9.38 Å². The molecule has 3 rings (SSSR count). The topological polar surface area (TPSA) is 43.3 Å². The molecule has 0 aliphatic rings. The summed E-state index contributed by atoms with van der Waals surface area (Å²) in [6, 6.07) is 6.07. The fourth-order valence-corrected chi connectivity index (χ4v) is 2.69. The van der Waals surface area contributed by atoms with Crippen LogP contribution >= 0.6 is 23.2 Å². The van der Waals surface area contributed by atoms with Crippen molar-refractivity contribution in [3.63, 3.8) is 0 Å². The molecule has 0 atom stereocenters. The zero-order valence-electron chi connectivity index (χ0n) is 10.5. The number of hydrogen-bond donors (Lipinski definition) is 1. The number of fused-ring (bicyclic) bond motifs is 1. The first kappa shape index (κ1) is 13.2. The van der Waals surface area contributed by atoms with Gasteiger partial charge in [-0.15, -0.1) is 0 Å². The Labute approximate surface area is 124 Å². The second kappa shape index (κ2) is 4.65. The number of pyridine rings is 1. The molecule has 0 saturated carbocycles. The Morgan fingerprint density at radius 1 is 1.25 bits per heavy atom. The summed E-state index contributed by atoms with van der Waals surface area (Å²) in [4.78, 5) is 4.44. The highest BCUT2D eigenvalue weighted by Crippen LogP contribution is 2.32. The van der Waals surface area contributed by atoms with Gasteiger partial charge in [-0.2, -0.15) is 0 Å². The minimum atomic E-state index is -0.297. The van der Waals surface area contributed by atoms with Crippen LogP contribution < -0.4 is 5.73 Å². The predicted octanol–water partition coefficient (Wildman–Crippen LogP) is 4.34. The van der Waals surface area contributed by atoms with Crippen LogP contribution in [0.3, 0.4) is 0 Å². The van der Waals surface area contributed by atoms with Crippen LogP contribution in [0.2, 0.25) is 10.0 Å². The van der Waals surface area contributed by atoms with E-state index in [0.717, 1.165) is 11.1 Å². The summed E-state index contributed by atoms with van der Waals surface area (Å²) in [5, 5.41) is 0.879. The summed E-state index contributed by atoms with van der Waals surface area (Å²) >= 11 is 12.1. The highest BCUT2D eigenvalue weighted by atomic mass is 35.5. The van der Waals surface area contributed by atoms with E-state index in [2.05, 4.69) is 4.98 Å². The molecule has 0 radical (unpaired) electrons. The van der Waals surface area contributed by atoms with E-state index in [1.165, 1.54) is 12.1 Å². The Hall–Kier alpha value is -1.78. The van der Waals surface area contributed by atoms with E-state index >= 15 is 0 Å². The fraction of sp³-hybridized carbons (Fsp3) is 0.0714. The van der Waals surface area contributed by atoms with Gasteiger partial charge in [-0.1, -0.05) is 23.2 Å². The first-order valence-corrected chi connectivity index (χ1v) is 6.62.